The van der Waals surface area contributed by atoms with Crippen LogP contribution in [0.3, 0.4) is 0 Å². The highest BCUT2D eigenvalue weighted by molar-refractivity contribution is 7.89. The molecule has 0 aliphatic carbocycles. The smallest absolute Gasteiger partial charge is 0.258 e. The minimum absolute atomic E-state index is 0.0664. The molecule has 106 valence electrons. The molecule has 1 N–H and O–H groups in total. The number of hydrogen-bond donors (Lipinski definition) is 1. The van der Waals surface area contributed by atoms with Crippen molar-refractivity contribution in [1.82, 2.24) is 4.72 Å². The second kappa shape index (κ2) is 5.70. The molecule has 2 aromatic rings. The average Bonchev–Trinajstić information content (AvgIpc) is 2.89. The Balaban J connectivity index is 2.30. The maximum atomic E-state index is 12.2. The average molecular weight is 312 g/mol. The van der Waals surface area contributed by atoms with E-state index in [0.717, 1.165) is 4.88 Å². The molecule has 0 radical (unpaired) electrons. The van der Waals surface area contributed by atoms with Gasteiger partial charge in [-0.05, 0) is 24.4 Å². The lowest BCUT2D eigenvalue weighted by Gasteiger charge is -2.08. The summed E-state index contributed by atoms with van der Waals surface area (Å²) >= 11 is 1.44. The van der Waals surface area contributed by atoms with Gasteiger partial charge in [-0.3, -0.25) is 10.1 Å². The van der Waals surface area contributed by atoms with E-state index in [1.165, 1.54) is 36.5 Å². The molecule has 0 amide bonds. The van der Waals surface area contributed by atoms with Crippen LogP contribution in [0.15, 0.2) is 40.6 Å². The minimum atomic E-state index is -3.77. The van der Waals surface area contributed by atoms with E-state index in [0.29, 0.717) is 0 Å². The summed E-state index contributed by atoms with van der Waals surface area (Å²) in [5, 5.41) is 12.7. The van der Waals surface area contributed by atoms with Gasteiger partial charge in [-0.2, -0.15) is 0 Å². The zero-order valence-corrected chi connectivity index (χ0v) is 12.2. The van der Waals surface area contributed by atoms with E-state index in [1.807, 2.05) is 17.5 Å². The zero-order valence-electron chi connectivity index (χ0n) is 10.6. The zero-order chi connectivity index (χ0) is 14.8. The van der Waals surface area contributed by atoms with Crippen LogP contribution in [0.5, 0.6) is 0 Å². The van der Waals surface area contributed by atoms with Crippen molar-refractivity contribution in [3.05, 3.63) is 56.3 Å². The van der Waals surface area contributed by atoms with Crippen LogP contribution in [0.4, 0.5) is 5.69 Å². The summed E-state index contributed by atoms with van der Waals surface area (Å²) in [5.74, 6) is 0. The monoisotopic (exact) mass is 312 g/mol. The lowest BCUT2D eigenvalue weighted by molar-refractivity contribution is -0.385. The van der Waals surface area contributed by atoms with Gasteiger partial charge in [0.1, 0.15) is 0 Å². The molecule has 0 fully saturated rings. The highest BCUT2D eigenvalue weighted by Gasteiger charge is 2.22. The quantitative estimate of drug-likeness (QED) is 0.678. The molecule has 0 saturated carbocycles. The molecule has 0 spiro atoms. The Bertz CT molecular complexity index is 724. The van der Waals surface area contributed by atoms with Crippen LogP contribution in [0.1, 0.15) is 10.4 Å². The second-order valence-corrected chi connectivity index (χ2v) is 6.83. The van der Waals surface area contributed by atoms with Gasteiger partial charge in [0, 0.05) is 23.1 Å². The van der Waals surface area contributed by atoms with Crippen molar-refractivity contribution in [2.45, 2.75) is 18.4 Å². The molecule has 0 aliphatic rings. The Hall–Kier alpha value is -1.77. The van der Waals surface area contributed by atoms with Crippen LogP contribution in [0, 0.1) is 17.0 Å². The Morgan fingerprint density at radius 1 is 1.30 bits per heavy atom. The molecule has 0 atom stereocenters. The summed E-state index contributed by atoms with van der Waals surface area (Å²) in [7, 11) is -3.77. The van der Waals surface area contributed by atoms with E-state index in [9.17, 15) is 18.5 Å². The molecule has 0 saturated heterocycles. The third-order valence-electron chi connectivity index (χ3n) is 2.76. The van der Waals surface area contributed by atoms with E-state index >= 15 is 0 Å². The Labute approximate surface area is 120 Å². The summed E-state index contributed by atoms with van der Waals surface area (Å²) in [6.07, 6.45) is 0. The van der Waals surface area contributed by atoms with Crippen molar-refractivity contribution in [1.29, 1.82) is 0 Å². The molecule has 8 heteroatoms. The van der Waals surface area contributed by atoms with Crippen LogP contribution in [0.25, 0.3) is 0 Å². The third-order valence-corrected chi connectivity index (χ3v) is 5.18. The van der Waals surface area contributed by atoms with Crippen molar-refractivity contribution >= 4 is 27.0 Å². The SMILES string of the molecule is Cc1c([N+](=O)[O-])cccc1S(=O)(=O)NCc1cccs1. The number of sulfonamides is 1. The van der Waals surface area contributed by atoms with E-state index < -0.39 is 14.9 Å². The van der Waals surface area contributed by atoms with E-state index in [2.05, 4.69) is 4.72 Å². The lowest BCUT2D eigenvalue weighted by atomic mass is 10.2. The molecular weight excluding hydrogens is 300 g/mol. The van der Waals surface area contributed by atoms with Gasteiger partial charge in [0.25, 0.3) is 5.69 Å². The van der Waals surface area contributed by atoms with Crippen molar-refractivity contribution in [2.24, 2.45) is 0 Å². The molecular formula is C12H12N2O4S2. The van der Waals surface area contributed by atoms with Gasteiger partial charge in [0.2, 0.25) is 10.0 Å². The van der Waals surface area contributed by atoms with Crippen molar-refractivity contribution < 1.29 is 13.3 Å². The molecule has 1 aromatic carbocycles. The van der Waals surface area contributed by atoms with Gasteiger partial charge >= 0.3 is 0 Å². The van der Waals surface area contributed by atoms with Crippen LogP contribution >= 0.6 is 11.3 Å². The number of thiophene rings is 1. The number of rotatable bonds is 5. The van der Waals surface area contributed by atoms with Gasteiger partial charge in [-0.25, -0.2) is 13.1 Å². The van der Waals surface area contributed by atoms with Gasteiger partial charge in [-0.15, -0.1) is 11.3 Å². The first-order chi connectivity index (χ1) is 9.42. The highest BCUT2D eigenvalue weighted by atomic mass is 32.2. The number of benzene rings is 1. The van der Waals surface area contributed by atoms with Crippen LogP contribution in [-0.2, 0) is 16.6 Å². The van der Waals surface area contributed by atoms with Gasteiger partial charge < -0.3 is 0 Å². The summed E-state index contributed by atoms with van der Waals surface area (Å²) in [5.41, 5.74) is -0.0693. The van der Waals surface area contributed by atoms with E-state index in [4.69, 9.17) is 0 Å². The van der Waals surface area contributed by atoms with Crippen molar-refractivity contribution in [3.63, 3.8) is 0 Å². The normalized spacial score (nSPS) is 11.4. The van der Waals surface area contributed by atoms with Crippen LogP contribution in [0.2, 0.25) is 0 Å². The topological polar surface area (TPSA) is 89.3 Å². The molecule has 0 unspecified atom stereocenters. The fourth-order valence-corrected chi connectivity index (χ4v) is 3.75. The highest BCUT2D eigenvalue weighted by Crippen LogP contribution is 2.24. The fraction of sp³-hybridized carbons (Fsp3) is 0.167. The molecule has 2 rings (SSSR count). The number of nitro benzene ring substituents is 1. The van der Waals surface area contributed by atoms with Crippen LogP contribution in [-0.4, -0.2) is 13.3 Å². The fourth-order valence-electron chi connectivity index (χ4n) is 1.75. The molecule has 20 heavy (non-hydrogen) atoms. The van der Waals surface area contributed by atoms with E-state index in [1.54, 1.807) is 0 Å². The third kappa shape index (κ3) is 3.03. The van der Waals surface area contributed by atoms with Crippen LogP contribution < -0.4 is 4.72 Å². The number of nitro groups is 1. The van der Waals surface area contributed by atoms with E-state index in [-0.39, 0.29) is 22.7 Å². The van der Waals surface area contributed by atoms with Crippen molar-refractivity contribution in [2.75, 3.05) is 0 Å². The first kappa shape index (κ1) is 14.6. The lowest BCUT2D eigenvalue weighted by Crippen LogP contribution is -2.23. The maximum Gasteiger partial charge on any atom is 0.273 e. The van der Waals surface area contributed by atoms with Crippen molar-refractivity contribution in [3.8, 4) is 0 Å². The predicted molar refractivity (Wildman–Crippen MR) is 76.2 cm³/mol. The summed E-state index contributed by atoms with van der Waals surface area (Å²) < 4.78 is 26.8. The largest absolute Gasteiger partial charge is 0.273 e. The number of nitrogens with one attached hydrogen (secondary N) is 1. The maximum absolute atomic E-state index is 12.2. The molecule has 1 heterocycles. The first-order valence-electron chi connectivity index (χ1n) is 5.68. The molecule has 1 aromatic heterocycles. The Morgan fingerprint density at radius 2 is 2.05 bits per heavy atom. The summed E-state index contributed by atoms with van der Waals surface area (Å²) in [6.45, 7) is 1.60. The number of nitrogens with zero attached hydrogens (tertiary/aromatic N) is 1. The minimum Gasteiger partial charge on any atom is -0.258 e. The standard InChI is InChI=1S/C12H12N2O4S2/c1-9-11(14(15)16)5-2-6-12(9)20(17,18)13-8-10-4-3-7-19-10/h2-7,13H,8H2,1H3. The Morgan fingerprint density at radius 3 is 2.65 bits per heavy atom. The molecule has 6 nitrogen and oxygen atoms in total. The Kier molecular flexibility index (Phi) is 4.17. The van der Waals surface area contributed by atoms with Gasteiger partial charge in [0.15, 0.2) is 0 Å². The molecule has 0 aliphatic heterocycles. The number of hydrogen-bond acceptors (Lipinski definition) is 5. The summed E-state index contributed by atoms with van der Waals surface area (Å²) in [6, 6.07) is 7.65. The first-order valence-corrected chi connectivity index (χ1v) is 8.04. The predicted octanol–water partition coefficient (Wildman–Crippen LogP) is 2.44. The molecule has 0 bridgehead atoms. The summed E-state index contributed by atoms with van der Waals surface area (Å²) in [4.78, 5) is 11.1. The van der Waals surface area contributed by atoms with Gasteiger partial charge in [-0.1, -0.05) is 12.1 Å². The second-order valence-electron chi connectivity index (χ2n) is 4.06. The van der Waals surface area contributed by atoms with Gasteiger partial charge in [0.05, 0.1) is 9.82 Å².